The minimum atomic E-state index is -4.24. The number of nitrogens with zero attached hydrogens (tertiary/aromatic N) is 1. The van der Waals surface area contributed by atoms with Crippen LogP contribution in [0.3, 0.4) is 0 Å². The molecule has 0 unspecified atom stereocenters. The van der Waals surface area contributed by atoms with Crippen molar-refractivity contribution in [3.8, 4) is 0 Å². The molecule has 0 radical (unpaired) electrons. The number of hydrogen-bond donors (Lipinski definition) is 1. The molecule has 6 nitrogen and oxygen atoms in total. The maximum absolute atomic E-state index is 13.2. The van der Waals surface area contributed by atoms with Gasteiger partial charge in [0, 0.05) is 29.9 Å². The smallest absolute Gasteiger partial charge is 0.268 e. The zero-order chi connectivity index (χ0) is 19.9. The average Bonchev–Trinajstić information content (AvgIpc) is 3.20. The van der Waals surface area contributed by atoms with E-state index in [1.165, 1.54) is 6.07 Å². The van der Waals surface area contributed by atoms with Crippen molar-refractivity contribution in [1.82, 2.24) is 4.90 Å². The van der Waals surface area contributed by atoms with Crippen molar-refractivity contribution >= 4 is 27.3 Å². The zero-order valence-electron chi connectivity index (χ0n) is 15.4. The second kappa shape index (κ2) is 6.91. The van der Waals surface area contributed by atoms with E-state index in [2.05, 4.69) is 4.72 Å². The lowest BCUT2D eigenvalue weighted by atomic mass is 9.92. The number of Topliss-reactive ketones (excluding diaryl/α,β-unsaturated/α-hetero) is 2. The molecule has 1 saturated heterocycles. The second-order valence-corrected chi connectivity index (χ2v) is 8.67. The number of nitrogens with one attached hydrogen (secondary N) is 1. The monoisotopic (exact) mass is 396 g/mol. The highest BCUT2D eigenvalue weighted by Gasteiger charge is 2.41. The summed E-state index contributed by atoms with van der Waals surface area (Å²) in [7, 11) is -4.24. The highest BCUT2D eigenvalue weighted by molar-refractivity contribution is 7.97. The predicted molar refractivity (Wildman–Crippen MR) is 107 cm³/mol. The number of likely N-dealkylation sites (tertiary alicyclic amines) is 1. The summed E-state index contributed by atoms with van der Waals surface area (Å²) in [5.74, 6) is -1.06. The molecule has 1 aliphatic heterocycles. The van der Waals surface area contributed by atoms with Crippen molar-refractivity contribution in [1.29, 1.82) is 0 Å². The van der Waals surface area contributed by atoms with Gasteiger partial charge in [0.15, 0.2) is 4.91 Å². The number of hydrogen-bond acceptors (Lipinski definition) is 5. The van der Waals surface area contributed by atoms with E-state index in [4.69, 9.17) is 0 Å². The highest BCUT2D eigenvalue weighted by atomic mass is 32.2. The Morgan fingerprint density at radius 1 is 0.857 bits per heavy atom. The summed E-state index contributed by atoms with van der Waals surface area (Å²) in [5, 5.41) is 0. The molecule has 0 amide bonds. The summed E-state index contributed by atoms with van der Waals surface area (Å²) in [6.45, 7) is 3.01. The third-order valence-corrected chi connectivity index (χ3v) is 6.47. The van der Waals surface area contributed by atoms with Crippen LogP contribution in [0, 0.1) is 6.92 Å². The molecule has 0 aromatic heterocycles. The number of aryl methyl sites for hydroxylation is 1. The van der Waals surface area contributed by atoms with Crippen LogP contribution in [0.25, 0.3) is 0 Å². The van der Waals surface area contributed by atoms with E-state index in [-0.39, 0.29) is 16.8 Å². The van der Waals surface area contributed by atoms with Crippen molar-refractivity contribution in [3.05, 3.63) is 75.8 Å². The SMILES string of the molecule is Cc1ccc(NS(=O)(=O)C2=C(N3CCCC3)C(=O)c3ccccc3C2=O)cc1. The standard InChI is InChI=1S/C21H20N2O4S/c1-14-8-10-15(11-9-14)22-28(26,27)21-18(23-12-4-5-13-23)19(24)16-6-2-3-7-17(16)20(21)25/h2-3,6-11,22H,4-5,12-13H2,1H3. The molecule has 7 heteroatoms. The number of anilines is 1. The third kappa shape index (κ3) is 3.11. The Kier molecular flexibility index (Phi) is 4.55. The maximum atomic E-state index is 13.2. The van der Waals surface area contributed by atoms with Gasteiger partial charge in [-0.3, -0.25) is 14.3 Å². The van der Waals surface area contributed by atoms with Crippen molar-refractivity contribution in [2.75, 3.05) is 17.8 Å². The Morgan fingerprint density at radius 2 is 1.43 bits per heavy atom. The minimum Gasteiger partial charge on any atom is -0.367 e. The highest BCUT2D eigenvalue weighted by Crippen LogP contribution is 2.33. The van der Waals surface area contributed by atoms with Crippen LogP contribution in [-0.4, -0.2) is 38.0 Å². The van der Waals surface area contributed by atoms with Crippen molar-refractivity contribution < 1.29 is 18.0 Å². The largest absolute Gasteiger partial charge is 0.367 e. The molecular formula is C21H20N2O4S. The maximum Gasteiger partial charge on any atom is 0.268 e. The third-order valence-electron chi connectivity index (χ3n) is 5.05. The first-order valence-electron chi connectivity index (χ1n) is 9.15. The van der Waals surface area contributed by atoms with E-state index in [1.807, 2.05) is 6.92 Å². The fourth-order valence-corrected chi connectivity index (χ4v) is 5.02. The number of carbonyl (C=O) groups excluding carboxylic acids is 2. The molecule has 1 fully saturated rings. The van der Waals surface area contributed by atoms with Crippen molar-refractivity contribution in [3.63, 3.8) is 0 Å². The van der Waals surface area contributed by atoms with Gasteiger partial charge in [-0.1, -0.05) is 42.0 Å². The van der Waals surface area contributed by atoms with Crippen LogP contribution in [0.4, 0.5) is 5.69 Å². The molecule has 2 aliphatic rings. The lowest BCUT2D eigenvalue weighted by Gasteiger charge is -2.27. The first-order chi connectivity index (χ1) is 13.4. The summed E-state index contributed by atoms with van der Waals surface area (Å²) in [4.78, 5) is 27.6. The summed E-state index contributed by atoms with van der Waals surface area (Å²) >= 11 is 0. The Balaban J connectivity index is 1.86. The average molecular weight is 396 g/mol. The summed E-state index contributed by atoms with van der Waals surface area (Å²) in [6.07, 6.45) is 1.71. The number of ketones is 2. The number of sulfonamides is 1. The number of allylic oxidation sites excluding steroid dienone is 2. The molecule has 4 rings (SSSR count). The number of rotatable bonds is 4. The lowest BCUT2D eigenvalue weighted by molar-refractivity contribution is 0.0953. The van der Waals surface area contributed by atoms with Gasteiger partial charge in [0.05, 0.1) is 0 Å². The summed E-state index contributed by atoms with van der Waals surface area (Å²) in [6, 6.07) is 13.2. The predicted octanol–water partition coefficient (Wildman–Crippen LogP) is 3.12. The molecule has 0 bridgehead atoms. The first kappa shape index (κ1) is 18.4. The fraction of sp³-hybridized carbons (Fsp3) is 0.238. The Morgan fingerprint density at radius 3 is 2.04 bits per heavy atom. The van der Waals surface area contributed by atoms with E-state index >= 15 is 0 Å². The van der Waals surface area contributed by atoms with Crippen LogP contribution in [0.1, 0.15) is 39.1 Å². The van der Waals surface area contributed by atoms with Gasteiger partial charge in [0.1, 0.15) is 5.70 Å². The van der Waals surface area contributed by atoms with Gasteiger partial charge >= 0.3 is 0 Å². The van der Waals surface area contributed by atoms with Crippen LogP contribution in [0.5, 0.6) is 0 Å². The summed E-state index contributed by atoms with van der Waals surface area (Å²) in [5.41, 5.74) is 1.69. The Hall–Kier alpha value is -2.93. The molecular weight excluding hydrogens is 376 g/mol. The first-order valence-corrected chi connectivity index (χ1v) is 10.6. The molecule has 1 aliphatic carbocycles. The second-order valence-electron chi connectivity index (χ2n) is 7.05. The van der Waals surface area contributed by atoms with Gasteiger partial charge in [0.25, 0.3) is 10.0 Å². The molecule has 0 saturated carbocycles. The van der Waals surface area contributed by atoms with Crippen LogP contribution < -0.4 is 4.72 Å². The zero-order valence-corrected chi connectivity index (χ0v) is 16.3. The Bertz CT molecular complexity index is 1100. The molecule has 144 valence electrons. The van der Waals surface area contributed by atoms with E-state index in [0.29, 0.717) is 18.8 Å². The molecule has 28 heavy (non-hydrogen) atoms. The molecule has 2 aromatic carbocycles. The van der Waals surface area contributed by atoms with Crippen LogP contribution in [0.2, 0.25) is 0 Å². The van der Waals surface area contributed by atoms with E-state index in [1.54, 1.807) is 47.4 Å². The van der Waals surface area contributed by atoms with Crippen molar-refractivity contribution in [2.45, 2.75) is 19.8 Å². The molecule has 1 N–H and O–H groups in total. The van der Waals surface area contributed by atoms with Crippen molar-refractivity contribution in [2.24, 2.45) is 0 Å². The van der Waals surface area contributed by atoms with Gasteiger partial charge in [-0.2, -0.15) is 0 Å². The quantitative estimate of drug-likeness (QED) is 0.858. The van der Waals surface area contributed by atoms with Gasteiger partial charge in [-0.15, -0.1) is 0 Å². The van der Waals surface area contributed by atoms with Gasteiger partial charge < -0.3 is 4.90 Å². The van der Waals surface area contributed by atoms with Gasteiger partial charge in [-0.25, -0.2) is 8.42 Å². The van der Waals surface area contributed by atoms with Crippen LogP contribution in [-0.2, 0) is 10.0 Å². The molecule has 1 heterocycles. The van der Waals surface area contributed by atoms with E-state index in [0.717, 1.165) is 18.4 Å². The topological polar surface area (TPSA) is 83.6 Å². The molecule has 2 aromatic rings. The van der Waals surface area contributed by atoms with Crippen LogP contribution >= 0.6 is 0 Å². The molecule has 0 spiro atoms. The van der Waals surface area contributed by atoms with Gasteiger partial charge in [-0.05, 0) is 31.9 Å². The number of carbonyl (C=O) groups is 2. The van der Waals surface area contributed by atoms with E-state index < -0.39 is 26.5 Å². The van der Waals surface area contributed by atoms with Gasteiger partial charge in [0.2, 0.25) is 11.6 Å². The van der Waals surface area contributed by atoms with E-state index in [9.17, 15) is 18.0 Å². The number of benzene rings is 2. The minimum absolute atomic E-state index is 0.0131. The normalized spacial score (nSPS) is 17.1. The Labute approximate surface area is 163 Å². The fourth-order valence-electron chi connectivity index (χ4n) is 3.64. The number of fused-ring (bicyclic) bond motifs is 1. The summed E-state index contributed by atoms with van der Waals surface area (Å²) < 4.78 is 28.9. The lowest BCUT2D eigenvalue weighted by Crippen LogP contribution is -2.36. The van der Waals surface area contributed by atoms with Crippen LogP contribution in [0.15, 0.2) is 59.1 Å². The molecule has 0 atom stereocenters.